The lowest BCUT2D eigenvalue weighted by Gasteiger charge is -2.19. The number of hydrogen-bond donors (Lipinski definition) is 0. The quantitative estimate of drug-likeness (QED) is 0.528. The van der Waals surface area contributed by atoms with Gasteiger partial charge < -0.3 is 0 Å². The van der Waals surface area contributed by atoms with Crippen LogP contribution in [0.2, 0.25) is 12.1 Å². The molecule has 0 spiro atoms. The predicted octanol–water partition coefficient (Wildman–Crippen LogP) is 3.52. The molecule has 1 aromatic rings. The zero-order valence-electron chi connectivity index (χ0n) is 10.5. The second kappa shape index (κ2) is 4.97. The van der Waals surface area contributed by atoms with Crippen LogP contribution in [0.1, 0.15) is 26.3 Å². The Hall–Kier alpha value is -0.213. The summed E-state index contributed by atoms with van der Waals surface area (Å²) in [7, 11) is 1.79. The van der Waals surface area contributed by atoms with Crippen molar-refractivity contribution in [3.63, 3.8) is 0 Å². The molecule has 1 aliphatic heterocycles. The lowest BCUT2D eigenvalue weighted by molar-refractivity contribution is 0.589. The van der Waals surface area contributed by atoms with E-state index in [1.807, 2.05) is 0 Å². The van der Waals surface area contributed by atoms with Crippen LogP contribution in [-0.4, -0.2) is 21.0 Å². The molecule has 0 saturated carbocycles. The largest absolute Gasteiger partial charge is 0.154 e. The van der Waals surface area contributed by atoms with E-state index < -0.39 is 0 Å². The fourth-order valence-electron chi connectivity index (χ4n) is 2.00. The van der Waals surface area contributed by atoms with Crippen LogP contribution in [0.15, 0.2) is 29.2 Å². The summed E-state index contributed by atoms with van der Waals surface area (Å²) in [6.07, 6.45) is 0. The summed E-state index contributed by atoms with van der Waals surface area (Å²) in [4.78, 5) is 1.59. The Morgan fingerprint density at radius 1 is 1.00 bits per heavy atom. The molecule has 0 atom stereocenters. The average Bonchev–Trinajstić information content (AvgIpc) is 2.29. The molecule has 0 bridgehead atoms. The van der Waals surface area contributed by atoms with Crippen LogP contribution in [0.5, 0.6) is 0 Å². The maximum atomic E-state index is 2.37. The summed E-state index contributed by atoms with van der Waals surface area (Å²) in [6, 6.07) is 12.3. The van der Waals surface area contributed by atoms with Crippen LogP contribution in [0.3, 0.4) is 0 Å². The van der Waals surface area contributed by atoms with E-state index in [4.69, 9.17) is 0 Å². The van der Waals surface area contributed by atoms with E-state index in [9.17, 15) is 0 Å². The molecule has 1 saturated heterocycles. The fourth-order valence-corrected chi connectivity index (χ4v) is 6.57. The van der Waals surface area contributed by atoms with Crippen LogP contribution in [-0.2, 0) is 16.3 Å². The zero-order chi connectivity index (χ0) is 11.6. The average molecular weight is 249 g/mol. The molecule has 86 valence electrons. The summed E-state index contributed by atoms with van der Waals surface area (Å²) in [5.41, 5.74) is 1.74. The molecular formula is C14H21SSi+. The third kappa shape index (κ3) is 2.92. The first-order valence-electron chi connectivity index (χ1n) is 6.06. The van der Waals surface area contributed by atoms with Gasteiger partial charge in [-0.2, -0.15) is 0 Å². The number of hydrogen-bond acceptors (Lipinski definition) is 0. The van der Waals surface area contributed by atoms with Crippen molar-refractivity contribution in [1.29, 1.82) is 0 Å². The van der Waals surface area contributed by atoms with Gasteiger partial charge in [-0.05, 0) is 35.2 Å². The molecule has 2 rings (SSSR count). The van der Waals surface area contributed by atoms with Gasteiger partial charge in [-0.1, -0.05) is 32.9 Å². The van der Waals surface area contributed by atoms with E-state index in [0.29, 0.717) is 10.9 Å². The van der Waals surface area contributed by atoms with Crippen molar-refractivity contribution in [3.05, 3.63) is 29.8 Å². The topological polar surface area (TPSA) is 0 Å². The molecule has 1 aromatic carbocycles. The Kier molecular flexibility index (Phi) is 3.80. The number of rotatable bonds is 1. The Balaban J connectivity index is 2.12. The molecular weight excluding hydrogens is 228 g/mol. The lowest BCUT2D eigenvalue weighted by Crippen LogP contribution is -2.21. The van der Waals surface area contributed by atoms with Crippen molar-refractivity contribution in [3.8, 4) is 0 Å². The summed E-state index contributed by atoms with van der Waals surface area (Å²) < 4.78 is 0. The van der Waals surface area contributed by atoms with E-state index in [1.54, 1.807) is 4.90 Å². The summed E-state index contributed by atoms with van der Waals surface area (Å²) >= 11 is 0. The molecule has 0 amide bonds. The predicted molar refractivity (Wildman–Crippen MR) is 75.9 cm³/mol. The smallest absolute Gasteiger partial charge is 0.0561 e. The molecule has 0 nitrogen and oxygen atoms in total. The highest BCUT2D eigenvalue weighted by molar-refractivity contribution is 7.97. The second-order valence-corrected chi connectivity index (χ2v) is 9.20. The number of benzene rings is 1. The third-order valence-electron chi connectivity index (χ3n) is 3.10. The minimum atomic E-state index is 0.287. The first-order valence-corrected chi connectivity index (χ1v) is 9.04. The zero-order valence-corrected chi connectivity index (χ0v) is 12.4. The highest BCUT2D eigenvalue weighted by Gasteiger charge is 2.25. The fraction of sp³-hybridized carbons (Fsp3) is 0.571. The van der Waals surface area contributed by atoms with E-state index in [-0.39, 0.29) is 5.41 Å². The minimum Gasteiger partial charge on any atom is -0.0561 e. The van der Waals surface area contributed by atoms with E-state index in [2.05, 4.69) is 45.0 Å². The Morgan fingerprint density at radius 2 is 1.56 bits per heavy atom. The van der Waals surface area contributed by atoms with Gasteiger partial charge >= 0.3 is 0 Å². The molecule has 2 heteroatoms. The van der Waals surface area contributed by atoms with E-state index in [0.717, 1.165) is 0 Å². The first-order chi connectivity index (χ1) is 7.57. The van der Waals surface area contributed by atoms with Gasteiger partial charge in [-0.3, -0.25) is 0 Å². The van der Waals surface area contributed by atoms with E-state index in [1.165, 1.54) is 38.7 Å². The van der Waals surface area contributed by atoms with Crippen molar-refractivity contribution < 1.29 is 0 Å². The van der Waals surface area contributed by atoms with Gasteiger partial charge in [0.15, 0.2) is 4.90 Å². The van der Waals surface area contributed by atoms with Crippen LogP contribution in [0.25, 0.3) is 0 Å². The van der Waals surface area contributed by atoms with Gasteiger partial charge in [0.05, 0.1) is 0 Å². The first kappa shape index (κ1) is 12.2. The highest BCUT2D eigenvalue weighted by atomic mass is 32.2. The molecule has 1 aliphatic rings. The van der Waals surface area contributed by atoms with Crippen molar-refractivity contribution in [1.82, 2.24) is 0 Å². The van der Waals surface area contributed by atoms with Crippen LogP contribution in [0.4, 0.5) is 0 Å². The van der Waals surface area contributed by atoms with Crippen LogP contribution in [0, 0.1) is 0 Å². The molecule has 0 unspecified atom stereocenters. The standard InChI is InChI=1S/C14H21SSi/c1-14(2,3)12-4-6-13(7-5-12)15-8-10-16-11-9-15/h4-7H,8-11H2,1-3H3/q+1. The van der Waals surface area contributed by atoms with Gasteiger partial charge in [0.1, 0.15) is 11.5 Å². The maximum absolute atomic E-state index is 2.37. The van der Waals surface area contributed by atoms with E-state index >= 15 is 0 Å². The molecule has 0 N–H and O–H groups in total. The molecule has 1 heterocycles. The van der Waals surface area contributed by atoms with Crippen molar-refractivity contribution >= 4 is 20.4 Å². The third-order valence-corrected chi connectivity index (χ3v) is 7.37. The highest BCUT2D eigenvalue weighted by Crippen LogP contribution is 2.26. The van der Waals surface area contributed by atoms with Crippen LogP contribution >= 0.6 is 0 Å². The normalized spacial score (nSPS) is 18.7. The lowest BCUT2D eigenvalue weighted by atomic mass is 9.87. The summed E-state index contributed by atoms with van der Waals surface area (Å²) in [5, 5.41) is 0. The van der Waals surface area contributed by atoms with Gasteiger partial charge in [-0.15, -0.1) is 0 Å². The van der Waals surface area contributed by atoms with Crippen molar-refractivity contribution in [2.75, 3.05) is 11.5 Å². The Bertz CT molecular complexity index is 331. The van der Waals surface area contributed by atoms with Gasteiger partial charge in [0.25, 0.3) is 0 Å². The molecule has 0 aliphatic carbocycles. The monoisotopic (exact) mass is 249 g/mol. The minimum absolute atomic E-state index is 0.287. The SMILES string of the molecule is CC(C)(C)c1ccc([S+]2CC[Si]CC2)cc1. The van der Waals surface area contributed by atoms with Gasteiger partial charge in [0, 0.05) is 20.4 Å². The van der Waals surface area contributed by atoms with Crippen molar-refractivity contribution in [2.24, 2.45) is 0 Å². The molecule has 1 fully saturated rings. The van der Waals surface area contributed by atoms with Crippen molar-refractivity contribution in [2.45, 2.75) is 43.2 Å². The van der Waals surface area contributed by atoms with Gasteiger partial charge in [-0.25, -0.2) is 0 Å². The summed E-state index contributed by atoms with van der Waals surface area (Å²) in [5.74, 6) is 2.88. The Morgan fingerprint density at radius 3 is 2.06 bits per heavy atom. The molecule has 0 aromatic heterocycles. The molecule has 16 heavy (non-hydrogen) atoms. The second-order valence-electron chi connectivity index (χ2n) is 5.43. The van der Waals surface area contributed by atoms with Gasteiger partial charge in [0.2, 0.25) is 0 Å². The molecule has 2 radical (unpaired) electrons. The summed E-state index contributed by atoms with van der Waals surface area (Å²) in [6.45, 7) is 6.85. The Labute approximate surface area is 105 Å². The maximum Gasteiger partial charge on any atom is 0.154 e. The van der Waals surface area contributed by atoms with Crippen LogP contribution < -0.4 is 0 Å².